The minimum Gasteiger partial charge on any atom is -0.455 e. The summed E-state index contributed by atoms with van der Waals surface area (Å²) in [6, 6.07) is 22.9. The maximum atomic E-state index is 12.6. The van der Waals surface area contributed by atoms with Crippen molar-refractivity contribution in [3.05, 3.63) is 89.5 Å². The van der Waals surface area contributed by atoms with Crippen molar-refractivity contribution in [1.29, 1.82) is 0 Å². The molecule has 27 heavy (non-hydrogen) atoms. The number of hydrogen-bond acceptors (Lipinski definition) is 3. The van der Waals surface area contributed by atoms with E-state index < -0.39 is 0 Å². The molecule has 0 saturated heterocycles. The molecule has 0 aromatic heterocycles. The van der Waals surface area contributed by atoms with Gasteiger partial charge in [0.05, 0.1) is 5.69 Å². The number of carbonyl (C=O) groups is 1. The predicted octanol–water partition coefficient (Wildman–Crippen LogP) is 5.10. The Morgan fingerprint density at radius 3 is 2.26 bits per heavy atom. The fourth-order valence-electron chi connectivity index (χ4n) is 2.71. The van der Waals surface area contributed by atoms with E-state index in [1.54, 1.807) is 0 Å². The second kappa shape index (κ2) is 8.52. The highest BCUT2D eigenvalue weighted by atomic mass is 16.5. The van der Waals surface area contributed by atoms with Crippen LogP contribution in [0.3, 0.4) is 0 Å². The lowest BCUT2D eigenvalue weighted by atomic mass is 10.1. The van der Waals surface area contributed by atoms with Gasteiger partial charge < -0.3 is 15.0 Å². The molecule has 4 heteroatoms. The SMILES string of the molecule is Cc1ccc(Oc2ccccc2NC(=O)c2ccc(CN(C)C)cc2)cc1. The Kier molecular flexibility index (Phi) is 5.89. The Morgan fingerprint density at radius 2 is 1.59 bits per heavy atom. The Hall–Kier alpha value is -3.11. The van der Waals surface area contributed by atoms with Crippen molar-refractivity contribution in [2.45, 2.75) is 13.5 Å². The van der Waals surface area contributed by atoms with E-state index in [9.17, 15) is 4.79 Å². The summed E-state index contributed by atoms with van der Waals surface area (Å²) in [5, 5.41) is 2.94. The van der Waals surface area contributed by atoms with Crippen LogP contribution in [0.25, 0.3) is 0 Å². The number of nitrogens with zero attached hydrogens (tertiary/aromatic N) is 1. The molecule has 0 saturated carbocycles. The van der Waals surface area contributed by atoms with Gasteiger partial charge in [-0.2, -0.15) is 0 Å². The van der Waals surface area contributed by atoms with Gasteiger partial charge in [0.2, 0.25) is 0 Å². The summed E-state index contributed by atoms with van der Waals surface area (Å²) in [5.74, 6) is 1.18. The summed E-state index contributed by atoms with van der Waals surface area (Å²) in [6.45, 7) is 2.87. The van der Waals surface area contributed by atoms with Gasteiger partial charge in [0.1, 0.15) is 5.75 Å². The van der Waals surface area contributed by atoms with Gasteiger partial charge in [-0.15, -0.1) is 0 Å². The average molecular weight is 360 g/mol. The number of carbonyl (C=O) groups excluding carboxylic acids is 1. The van der Waals surface area contributed by atoms with Gasteiger partial charge in [0.15, 0.2) is 5.75 Å². The van der Waals surface area contributed by atoms with Crippen LogP contribution in [0.2, 0.25) is 0 Å². The van der Waals surface area contributed by atoms with Crippen molar-refractivity contribution in [3.63, 3.8) is 0 Å². The second-order valence-electron chi connectivity index (χ2n) is 6.80. The molecule has 0 unspecified atom stereocenters. The number of aryl methyl sites for hydroxylation is 1. The third-order valence-electron chi connectivity index (χ3n) is 4.10. The molecule has 3 aromatic rings. The number of anilines is 1. The zero-order valence-electron chi connectivity index (χ0n) is 15.9. The summed E-state index contributed by atoms with van der Waals surface area (Å²) in [6.07, 6.45) is 0. The lowest BCUT2D eigenvalue weighted by molar-refractivity contribution is 0.102. The van der Waals surface area contributed by atoms with Crippen LogP contribution in [-0.2, 0) is 6.54 Å². The Bertz CT molecular complexity index is 900. The molecule has 4 nitrogen and oxygen atoms in total. The summed E-state index contributed by atoms with van der Waals surface area (Å²) in [4.78, 5) is 14.7. The largest absolute Gasteiger partial charge is 0.455 e. The topological polar surface area (TPSA) is 41.6 Å². The van der Waals surface area contributed by atoms with Crippen LogP contribution in [0.15, 0.2) is 72.8 Å². The number of nitrogens with one attached hydrogen (secondary N) is 1. The normalized spacial score (nSPS) is 10.7. The van der Waals surface area contributed by atoms with Gasteiger partial charge in [-0.1, -0.05) is 42.0 Å². The first kappa shape index (κ1) is 18.7. The molecule has 0 radical (unpaired) electrons. The summed E-state index contributed by atoms with van der Waals surface area (Å²) < 4.78 is 5.94. The van der Waals surface area contributed by atoms with Crippen LogP contribution in [0.5, 0.6) is 11.5 Å². The maximum Gasteiger partial charge on any atom is 0.255 e. The van der Waals surface area contributed by atoms with Crippen LogP contribution in [0.4, 0.5) is 5.69 Å². The summed E-state index contributed by atoms with van der Waals surface area (Å²) in [7, 11) is 4.04. The summed E-state index contributed by atoms with van der Waals surface area (Å²) >= 11 is 0. The third-order valence-corrected chi connectivity index (χ3v) is 4.10. The van der Waals surface area contributed by atoms with E-state index in [4.69, 9.17) is 4.74 Å². The van der Waals surface area contributed by atoms with E-state index in [-0.39, 0.29) is 5.91 Å². The highest BCUT2D eigenvalue weighted by Gasteiger charge is 2.10. The van der Waals surface area contributed by atoms with E-state index >= 15 is 0 Å². The molecule has 0 heterocycles. The van der Waals surface area contributed by atoms with Crippen molar-refractivity contribution in [2.75, 3.05) is 19.4 Å². The molecule has 138 valence electrons. The molecule has 3 rings (SSSR count). The zero-order chi connectivity index (χ0) is 19.2. The maximum absolute atomic E-state index is 12.6. The van der Waals surface area contributed by atoms with Crippen LogP contribution >= 0.6 is 0 Å². The number of ether oxygens (including phenoxy) is 1. The molecule has 1 N–H and O–H groups in total. The van der Waals surface area contributed by atoms with Gasteiger partial charge >= 0.3 is 0 Å². The molecule has 0 atom stereocenters. The molecular formula is C23H24N2O2. The first-order chi connectivity index (χ1) is 13.0. The number of hydrogen-bond donors (Lipinski definition) is 1. The van der Waals surface area contributed by atoms with Crippen molar-refractivity contribution in [1.82, 2.24) is 4.90 Å². The minimum atomic E-state index is -0.161. The van der Waals surface area contributed by atoms with Crippen LogP contribution in [0, 0.1) is 6.92 Å². The first-order valence-electron chi connectivity index (χ1n) is 8.90. The zero-order valence-corrected chi connectivity index (χ0v) is 15.9. The van der Waals surface area contributed by atoms with Crippen LogP contribution in [-0.4, -0.2) is 24.9 Å². The molecule has 3 aromatic carbocycles. The van der Waals surface area contributed by atoms with E-state index in [0.29, 0.717) is 17.0 Å². The summed E-state index contributed by atoms with van der Waals surface area (Å²) in [5.41, 5.74) is 3.59. The molecule has 0 bridgehead atoms. The van der Waals surface area contributed by atoms with Crippen LogP contribution in [0.1, 0.15) is 21.5 Å². The molecule has 0 aliphatic heterocycles. The van der Waals surface area contributed by atoms with E-state index in [0.717, 1.165) is 12.3 Å². The van der Waals surface area contributed by atoms with Crippen LogP contribution < -0.4 is 10.1 Å². The minimum absolute atomic E-state index is 0.161. The first-order valence-corrected chi connectivity index (χ1v) is 8.90. The lowest BCUT2D eigenvalue weighted by Crippen LogP contribution is -2.13. The van der Waals surface area contributed by atoms with E-state index in [1.165, 1.54) is 11.1 Å². The number of para-hydroxylation sites is 2. The van der Waals surface area contributed by atoms with Gasteiger partial charge in [-0.3, -0.25) is 4.79 Å². The molecular weight excluding hydrogens is 336 g/mol. The van der Waals surface area contributed by atoms with Gasteiger partial charge in [0.25, 0.3) is 5.91 Å². The molecule has 0 aliphatic carbocycles. The third kappa shape index (κ3) is 5.19. The molecule has 0 spiro atoms. The quantitative estimate of drug-likeness (QED) is 0.665. The fourth-order valence-corrected chi connectivity index (χ4v) is 2.71. The Labute approximate surface area is 160 Å². The van der Waals surface area contributed by atoms with Crippen molar-refractivity contribution < 1.29 is 9.53 Å². The smallest absolute Gasteiger partial charge is 0.255 e. The second-order valence-corrected chi connectivity index (χ2v) is 6.80. The average Bonchev–Trinajstić information content (AvgIpc) is 2.65. The van der Waals surface area contributed by atoms with Crippen molar-refractivity contribution in [3.8, 4) is 11.5 Å². The van der Waals surface area contributed by atoms with E-state index in [1.807, 2.05) is 93.8 Å². The monoisotopic (exact) mass is 360 g/mol. The predicted molar refractivity (Wildman–Crippen MR) is 109 cm³/mol. The standard InChI is InChI=1S/C23H24N2O2/c1-17-8-14-20(15-9-17)27-22-7-5-4-6-21(22)24-23(26)19-12-10-18(11-13-19)16-25(2)3/h4-15H,16H2,1-3H3,(H,24,26). The van der Waals surface area contributed by atoms with Gasteiger partial charge in [0, 0.05) is 12.1 Å². The van der Waals surface area contributed by atoms with Gasteiger partial charge in [-0.25, -0.2) is 0 Å². The van der Waals surface area contributed by atoms with E-state index in [2.05, 4.69) is 10.2 Å². The Morgan fingerprint density at radius 1 is 0.926 bits per heavy atom. The lowest BCUT2D eigenvalue weighted by Gasteiger charge is -2.13. The molecule has 0 fully saturated rings. The highest BCUT2D eigenvalue weighted by molar-refractivity contribution is 6.05. The Balaban J connectivity index is 1.73. The highest BCUT2D eigenvalue weighted by Crippen LogP contribution is 2.29. The molecule has 1 amide bonds. The fraction of sp³-hybridized carbons (Fsp3) is 0.174. The number of amides is 1. The molecule has 0 aliphatic rings. The number of rotatable bonds is 6. The van der Waals surface area contributed by atoms with Gasteiger partial charge in [-0.05, 0) is 63.0 Å². The van der Waals surface area contributed by atoms with Crippen molar-refractivity contribution >= 4 is 11.6 Å². The van der Waals surface area contributed by atoms with Crippen molar-refractivity contribution in [2.24, 2.45) is 0 Å². The number of benzene rings is 3.